The third-order valence-electron chi connectivity index (χ3n) is 4.90. The Morgan fingerprint density at radius 1 is 1.31 bits per heavy atom. The Hall–Kier alpha value is -2.90. The molecule has 4 heterocycles. The number of hydrogen-bond donors (Lipinski definition) is 1. The lowest BCUT2D eigenvalue weighted by Gasteiger charge is -2.34. The molecule has 1 aliphatic heterocycles. The zero-order valence-electron chi connectivity index (χ0n) is 15.3. The van der Waals surface area contributed by atoms with Crippen molar-refractivity contribution >= 4 is 17.4 Å². The van der Waals surface area contributed by atoms with Crippen LogP contribution >= 0.6 is 0 Å². The molecule has 0 spiro atoms. The van der Waals surface area contributed by atoms with Gasteiger partial charge in [0.25, 0.3) is 5.91 Å². The highest BCUT2D eigenvalue weighted by Gasteiger charge is 2.25. The number of piperidine rings is 1. The van der Waals surface area contributed by atoms with Crippen molar-refractivity contribution in [3.63, 3.8) is 0 Å². The van der Waals surface area contributed by atoms with Crippen LogP contribution in [-0.4, -0.2) is 49.4 Å². The van der Waals surface area contributed by atoms with Crippen LogP contribution in [0.3, 0.4) is 0 Å². The summed E-state index contributed by atoms with van der Waals surface area (Å²) in [7, 11) is 1.84. The number of anilines is 1. The minimum Gasteiger partial charge on any atom is -0.354 e. The van der Waals surface area contributed by atoms with E-state index in [2.05, 4.69) is 25.4 Å². The Bertz CT molecular complexity index is 938. The fourth-order valence-corrected chi connectivity index (χ4v) is 3.48. The molecule has 1 fully saturated rings. The first-order valence-electron chi connectivity index (χ1n) is 8.89. The standard InChI is InChI=1S/C18H23N7O/c1-12-9-17(25-16(20-12)6-7-19-25)24-8-4-5-14(11-24)21-18(26)15-10-13(2)23(3)22-15/h6-7,9-10,14H,4-5,8,11H2,1-3H3,(H,21,26). The number of aryl methyl sites for hydroxylation is 3. The molecule has 1 atom stereocenters. The molecule has 26 heavy (non-hydrogen) atoms. The largest absolute Gasteiger partial charge is 0.354 e. The van der Waals surface area contributed by atoms with Crippen molar-refractivity contribution in [2.24, 2.45) is 7.05 Å². The molecule has 3 aromatic heterocycles. The molecular formula is C18H23N7O. The molecule has 0 bridgehead atoms. The average Bonchev–Trinajstić information content (AvgIpc) is 3.21. The van der Waals surface area contributed by atoms with Gasteiger partial charge in [-0.15, -0.1) is 0 Å². The van der Waals surface area contributed by atoms with Gasteiger partial charge >= 0.3 is 0 Å². The van der Waals surface area contributed by atoms with Gasteiger partial charge in [-0.2, -0.15) is 14.7 Å². The van der Waals surface area contributed by atoms with Crippen molar-refractivity contribution in [2.75, 3.05) is 18.0 Å². The van der Waals surface area contributed by atoms with Gasteiger partial charge in [-0.3, -0.25) is 9.48 Å². The topological polar surface area (TPSA) is 80.4 Å². The second kappa shape index (κ2) is 6.44. The number of carbonyl (C=O) groups excluding carboxylic acids is 1. The van der Waals surface area contributed by atoms with E-state index < -0.39 is 0 Å². The summed E-state index contributed by atoms with van der Waals surface area (Å²) < 4.78 is 3.58. The van der Waals surface area contributed by atoms with Crippen LogP contribution in [-0.2, 0) is 7.05 Å². The fourth-order valence-electron chi connectivity index (χ4n) is 3.48. The first-order valence-corrected chi connectivity index (χ1v) is 8.89. The Kier molecular flexibility index (Phi) is 4.10. The van der Waals surface area contributed by atoms with Gasteiger partial charge in [-0.25, -0.2) is 4.98 Å². The molecule has 1 amide bonds. The average molecular weight is 353 g/mol. The first-order chi connectivity index (χ1) is 12.5. The van der Waals surface area contributed by atoms with Crippen molar-refractivity contribution in [1.29, 1.82) is 0 Å². The molecule has 0 saturated carbocycles. The van der Waals surface area contributed by atoms with Crippen LogP contribution in [0.4, 0.5) is 5.82 Å². The lowest BCUT2D eigenvalue weighted by Crippen LogP contribution is -2.48. The summed E-state index contributed by atoms with van der Waals surface area (Å²) in [6, 6.07) is 5.85. The molecule has 136 valence electrons. The number of rotatable bonds is 3. The molecule has 3 aromatic rings. The van der Waals surface area contributed by atoms with E-state index >= 15 is 0 Å². The summed E-state index contributed by atoms with van der Waals surface area (Å²) in [4.78, 5) is 19.3. The van der Waals surface area contributed by atoms with Crippen molar-refractivity contribution in [3.8, 4) is 0 Å². The molecular weight excluding hydrogens is 330 g/mol. The zero-order chi connectivity index (χ0) is 18.3. The van der Waals surface area contributed by atoms with Crippen LogP contribution in [0.5, 0.6) is 0 Å². The van der Waals surface area contributed by atoms with Gasteiger partial charge in [0.05, 0.1) is 6.20 Å². The van der Waals surface area contributed by atoms with Gasteiger partial charge in [0.2, 0.25) is 0 Å². The molecule has 0 aromatic carbocycles. The second-order valence-electron chi connectivity index (χ2n) is 6.91. The van der Waals surface area contributed by atoms with Gasteiger partial charge in [0.1, 0.15) is 11.5 Å². The Labute approximate surface area is 151 Å². The lowest BCUT2D eigenvalue weighted by molar-refractivity contribution is 0.0927. The maximum atomic E-state index is 12.5. The van der Waals surface area contributed by atoms with E-state index in [1.165, 1.54) is 0 Å². The van der Waals surface area contributed by atoms with E-state index in [1.807, 2.05) is 43.6 Å². The molecule has 1 N–H and O–H groups in total. The van der Waals surface area contributed by atoms with E-state index in [1.54, 1.807) is 10.9 Å². The van der Waals surface area contributed by atoms with Crippen molar-refractivity contribution < 1.29 is 4.79 Å². The predicted octanol–water partition coefficient (Wildman–Crippen LogP) is 1.48. The monoisotopic (exact) mass is 353 g/mol. The van der Waals surface area contributed by atoms with E-state index in [0.717, 1.165) is 48.8 Å². The van der Waals surface area contributed by atoms with E-state index in [4.69, 9.17) is 0 Å². The third-order valence-corrected chi connectivity index (χ3v) is 4.90. The van der Waals surface area contributed by atoms with E-state index in [9.17, 15) is 4.79 Å². The molecule has 8 heteroatoms. The van der Waals surface area contributed by atoms with E-state index in [0.29, 0.717) is 5.69 Å². The predicted molar refractivity (Wildman–Crippen MR) is 98.4 cm³/mol. The Morgan fingerprint density at radius 3 is 2.92 bits per heavy atom. The van der Waals surface area contributed by atoms with Crippen LogP contribution in [0.15, 0.2) is 24.4 Å². The molecule has 0 radical (unpaired) electrons. The lowest BCUT2D eigenvalue weighted by atomic mass is 10.1. The minimum absolute atomic E-state index is 0.0812. The quantitative estimate of drug-likeness (QED) is 0.771. The molecule has 1 aliphatic rings. The number of aromatic nitrogens is 5. The minimum atomic E-state index is -0.115. The Morgan fingerprint density at radius 2 is 2.15 bits per heavy atom. The van der Waals surface area contributed by atoms with Gasteiger partial charge in [-0.05, 0) is 32.8 Å². The molecule has 4 rings (SSSR count). The number of carbonyl (C=O) groups is 1. The molecule has 1 saturated heterocycles. The summed E-state index contributed by atoms with van der Waals surface area (Å²) >= 11 is 0. The smallest absolute Gasteiger partial charge is 0.272 e. The molecule has 0 aliphatic carbocycles. The number of amides is 1. The fraction of sp³-hybridized carbons (Fsp3) is 0.444. The van der Waals surface area contributed by atoms with Crippen LogP contribution in [0.1, 0.15) is 34.7 Å². The van der Waals surface area contributed by atoms with Crippen molar-refractivity contribution in [3.05, 3.63) is 41.5 Å². The number of fused-ring (bicyclic) bond motifs is 1. The second-order valence-corrected chi connectivity index (χ2v) is 6.91. The normalized spacial score (nSPS) is 17.7. The highest BCUT2D eigenvalue weighted by molar-refractivity contribution is 5.92. The highest BCUT2D eigenvalue weighted by atomic mass is 16.2. The van der Waals surface area contributed by atoms with Crippen molar-refractivity contribution in [2.45, 2.75) is 32.7 Å². The third kappa shape index (κ3) is 3.02. The SMILES string of the molecule is Cc1cc(N2CCCC(NC(=O)c3cc(C)n(C)n3)C2)n2nccc2n1. The van der Waals surface area contributed by atoms with Gasteiger partial charge in [0, 0.05) is 49.7 Å². The highest BCUT2D eigenvalue weighted by Crippen LogP contribution is 2.21. The molecule has 8 nitrogen and oxygen atoms in total. The number of nitrogens with one attached hydrogen (secondary N) is 1. The van der Waals surface area contributed by atoms with Gasteiger partial charge < -0.3 is 10.2 Å². The first kappa shape index (κ1) is 16.6. The van der Waals surface area contributed by atoms with Crippen LogP contribution in [0.25, 0.3) is 5.65 Å². The maximum absolute atomic E-state index is 12.5. The number of hydrogen-bond acceptors (Lipinski definition) is 5. The summed E-state index contributed by atoms with van der Waals surface area (Å²) in [6.45, 7) is 5.61. The van der Waals surface area contributed by atoms with Gasteiger partial charge in [0.15, 0.2) is 5.65 Å². The maximum Gasteiger partial charge on any atom is 0.272 e. The van der Waals surface area contributed by atoms with Crippen LogP contribution < -0.4 is 10.2 Å². The Balaban J connectivity index is 1.52. The molecule has 1 unspecified atom stereocenters. The zero-order valence-corrected chi connectivity index (χ0v) is 15.3. The van der Waals surface area contributed by atoms with Crippen LogP contribution in [0, 0.1) is 13.8 Å². The summed E-state index contributed by atoms with van der Waals surface area (Å²) in [6.07, 6.45) is 3.73. The van der Waals surface area contributed by atoms with E-state index in [-0.39, 0.29) is 11.9 Å². The van der Waals surface area contributed by atoms with Crippen molar-refractivity contribution in [1.82, 2.24) is 29.7 Å². The summed E-state index contributed by atoms with van der Waals surface area (Å²) in [5.74, 6) is 0.904. The summed E-state index contributed by atoms with van der Waals surface area (Å²) in [5.41, 5.74) is 3.24. The van der Waals surface area contributed by atoms with Gasteiger partial charge in [-0.1, -0.05) is 0 Å². The number of nitrogens with zero attached hydrogens (tertiary/aromatic N) is 6. The summed E-state index contributed by atoms with van der Waals surface area (Å²) in [5, 5.41) is 11.8. The van der Waals surface area contributed by atoms with Crippen LogP contribution in [0.2, 0.25) is 0 Å².